The van der Waals surface area contributed by atoms with Gasteiger partial charge in [0, 0.05) is 5.69 Å². The Morgan fingerprint density at radius 3 is 2.38 bits per heavy atom. The molecule has 7 heteroatoms. The Morgan fingerprint density at radius 1 is 0.917 bits per heavy atom. The van der Waals surface area contributed by atoms with Crippen molar-refractivity contribution in [2.24, 2.45) is 0 Å². The highest BCUT2D eigenvalue weighted by Gasteiger charge is 2.08. The molecule has 1 heterocycles. The molecule has 0 spiro atoms. The summed E-state index contributed by atoms with van der Waals surface area (Å²) in [7, 11) is 1.59. The fourth-order valence-corrected chi connectivity index (χ4v) is 2.09. The van der Waals surface area contributed by atoms with E-state index in [1.807, 2.05) is 54.6 Å². The molecule has 0 aliphatic rings. The summed E-state index contributed by atoms with van der Waals surface area (Å²) in [6.45, 7) is 0.149. The summed E-state index contributed by atoms with van der Waals surface area (Å²) in [5.74, 6) is 2.17. The lowest BCUT2D eigenvalue weighted by Crippen LogP contribution is -2.09. The summed E-state index contributed by atoms with van der Waals surface area (Å²) in [4.78, 5) is 12.5. The number of nitrogens with zero attached hydrogens (tertiary/aromatic N) is 3. The van der Waals surface area contributed by atoms with Crippen LogP contribution in [0.5, 0.6) is 11.5 Å². The summed E-state index contributed by atoms with van der Waals surface area (Å²) in [6.07, 6.45) is 0. The smallest absolute Gasteiger partial charge is 0.232 e. The second kappa shape index (κ2) is 7.28. The predicted molar refractivity (Wildman–Crippen MR) is 91.3 cm³/mol. The van der Waals surface area contributed by atoms with E-state index in [2.05, 4.69) is 20.3 Å². The Balaban J connectivity index is 1.74. The van der Waals surface area contributed by atoms with Crippen LogP contribution in [0.1, 0.15) is 5.82 Å². The highest BCUT2D eigenvalue weighted by Crippen LogP contribution is 2.26. The molecule has 0 atom stereocenters. The number of nitrogens with two attached hydrogens (primary N) is 1. The second-order valence-electron chi connectivity index (χ2n) is 4.86. The van der Waals surface area contributed by atoms with Gasteiger partial charge in [-0.25, -0.2) is 0 Å². The lowest BCUT2D eigenvalue weighted by Gasteiger charge is -2.10. The molecule has 0 fully saturated rings. The molecule has 0 aliphatic heterocycles. The van der Waals surface area contributed by atoms with Gasteiger partial charge in [0.1, 0.15) is 6.61 Å². The van der Waals surface area contributed by atoms with E-state index >= 15 is 0 Å². The molecule has 0 saturated carbocycles. The van der Waals surface area contributed by atoms with E-state index in [0.29, 0.717) is 23.3 Å². The van der Waals surface area contributed by atoms with Crippen molar-refractivity contribution >= 4 is 17.6 Å². The van der Waals surface area contributed by atoms with Gasteiger partial charge in [-0.1, -0.05) is 30.3 Å². The minimum absolute atomic E-state index is 0.127. The average molecular weight is 323 g/mol. The minimum Gasteiger partial charge on any atom is -0.493 e. The molecule has 0 radical (unpaired) electrons. The Kier molecular flexibility index (Phi) is 4.71. The van der Waals surface area contributed by atoms with Gasteiger partial charge in [0.25, 0.3) is 0 Å². The lowest BCUT2D eigenvalue weighted by molar-refractivity contribution is 0.276. The van der Waals surface area contributed by atoms with E-state index in [1.54, 1.807) is 7.11 Å². The van der Waals surface area contributed by atoms with Crippen molar-refractivity contribution in [2.45, 2.75) is 6.61 Å². The van der Waals surface area contributed by atoms with Gasteiger partial charge >= 0.3 is 0 Å². The zero-order chi connectivity index (χ0) is 16.8. The number of benzene rings is 2. The van der Waals surface area contributed by atoms with Crippen LogP contribution in [0.2, 0.25) is 0 Å². The van der Waals surface area contributed by atoms with Crippen LogP contribution in [0.4, 0.5) is 17.6 Å². The number of para-hydroxylation sites is 3. The van der Waals surface area contributed by atoms with Crippen LogP contribution >= 0.6 is 0 Å². The predicted octanol–water partition coefficient (Wildman–Crippen LogP) is 2.79. The molecule has 24 heavy (non-hydrogen) atoms. The summed E-state index contributed by atoms with van der Waals surface area (Å²) in [5, 5.41) is 3.08. The highest BCUT2D eigenvalue weighted by atomic mass is 16.5. The Hall–Kier alpha value is -3.35. The van der Waals surface area contributed by atoms with Crippen LogP contribution in [0.15, 0.2) is 54.6 Å². The average Bonchev–Trinajstić information content (AvgIpc) is 2.60. The monoisotopic (exact) mass is 323 g/mol. The topological polar surface area (TPSA) is 95.2 Å². The van der Waals surface area contributed by atoms with E-state index in [-0.39, 0.29) is 12.6 Å². The largest absolute Gasteiger partial charge is 0.493 e. The quantitative estimate of drug-likeness (QED) is 0.720. The first-order valence-corrected chi connectivity index (χ1v) is 7.33. The van der Waals surface area contributed by atoms with Crippen molar-refractivity contribution in [3.8, 4) is 11.5 Å². The SMILES string of the molecule is COc1ccccc1OCc1nc(N)nc(Nc2ccccc2)n1. The van der Waals surface area contributed by atoms with Gasteiger partial charge < -0.3 is 20.5 Å². The second-order valence-corrected chi connectivity index (χ2v) is 4.86. The van der Waals surface area contributed by atoms with Gasteiger partial charge in [-0.05, 0) is 24.3 Å². The molecule has 1 aromatic heterocycles. The number of hydrogen-bond donors (Lipinski definition) is 2. The van der Waals surface area contributed by atoms with E-state index < -0.39 is 0 Å². The first-order valence-electron chi connectivity index (χ1n) is 7.33. The fraction of sp³-hybridized carbons (Fsp3) is 0.118. The van der Waals surface area contributed by atoms with E-state index in [4.69, 9.17) is 15.2 Å². The van der Waals surface area contributed by atoms with Crippen LogP contribution in [-0.4, -0.2) is 22.1 Å². The molecule has 7 nitrogen and oxygen atoms in total. The van der Waals surface area contributed by atoms with E-state index in [1.165, 1.54) is 0 Å². The number of nitrogens with one attached hydrogen (secondary N) is 1. The maximum atomic E-state index is 5.76. The minimum atomic E-state index is 0.127. The Bertz CT molecular complexity index is 811. The Labute approximate surface area is 139 Å². The molecule has 122 valence electrons. The van der Waals surface area contributed by atoms with Gasteiger partial charge in [-0.15, -0.1) is 0 Å². The van der Waals surface area contributed by atoms with E-state index in [0.717, 1.165) is 5.69 Å². The fourth-order valence-electron chi connectivity index (χ4n) is 2.09. The van der Waals surface area contributed by atoms with Crippen molar-refractivity contribution < 1.29 is 9.47 Å². The van der Waals surface area contributed by atoms with E-state index in [9.17, 15) is 0 Å². The zero-order valence-electron chi connectivity index (χ0n) is 13.1. The molecule has 3 aromatic rings. The lowest BCUT2D eigenvalue weighted by atomic mass is 10.3. The molecule has 3 N–H and O–H groups in total. The van der Waals surface area contributed by atoms with Crippen LogP contribution in [0, 0.1) is 0 Å². The van der Waals surface area contributed by atoms with Gasteiger partial charge in [-0.3, -0.25) is 0 Å². The maximum absolute atomic E-state index is 5.76. The normalized spacial score (nSPS) is 10.2. The number of anilines is 3. The van der Waals surface area contributed by atoms with Crippen LogP contribution in [0.3, 0.4) is 0 Å². The van der Waals surface area contributed by atoms with Gasteiger partial charge in [-0.2, -0.15) is 15.0 Å². The molecule has 0 amide bonds. The van der Waals surface area contributed by atoms with Crippen LogP contribution < -0.4 is 20.5 Å². The summed E-state index contributed by atoms with van der Waals surface area (Å²) in [6, 6.07) is 16.9. The first kappa shape index (κ1) is 15.5. The first-order chi connectivity index (χ1) is 11.7. The van der Waals surface area contributed by atoms with Gasteiger partial charge in [0.05, 0.1) is 7.11 Å². The molecule has 0 bridgehead atoms. The molecule has 2 aromatic carbocycles. The van der Waals surface area contributed by atoms with Crippen LogP contribution in [-0.2, 0) is 6.61 Å². The summed E-state index contributed by atoms with van der Waals surface area (Å²) < 4.78 is 11.0. The summed E-state index contributed by atoms with van der Waals surface area (Å²) >= 11 is 0. The van der Waals surface area contributed by atoms with Crippen molar-refractivity contribution in [2.75, 3.05) is 18.2 Å². The number of hydrogen-bond acceptors (Lipinski definition) is 7. The molecular formula is C17H17N5O2. The number of rotatable bonds is 6. The van der Waals surface area contributed by atoms with Crippen molar-refractivity contribution in [1.29, 1.82) is 0 Å². The maximum Gasteiger partial charge on any atom is 0.232 e. The van der Waals surface area contributed by atoms with Gasteiger partial charge in [0.2, 0.25) is 11.9 Å². The molecule has 0 unspecified atom stereocenters. The highest BCUT2D eigenvalue weighted by molar-refractivity contribution is 5.53. The third-order valence-corrected chi connectivity index (χ3v) is 3.15. The number of ether oxygens (including phenoxy) is 2. The van der Waals surface area contributed by atoms with Crippen molar-refractivity contribution in [3.05, 3.63) is 60.4 Å². The van der Waals surface area contributed by atoms with Crippen molar-refractivity contribution in [1.82, 2.24) is 15.0 Å². The summed E-state index contributed by atoms with van der Waals surface area (Å²) in [5.41, 5.74) is 6.62. The molecular weight excluding hydrogens is 306 g/mol. The third-order valence-electron chi connectivity index (χ3n) is 3.15. The van der Waals surface area contributed by atoms with Crippen molar-refractivity contribution in [3.63, 3.8) is 0 Å². The Morgan fingerprint density at radius 2 is 1.62 bits per heavy atom. The third kappa shape index (κ3) is 3.89. The molecule has 0 aliphatic carbocycles. The number of nitrogen functional groups attached to an aromatic ring is 1. The molecule has 0 saturated heterocycles. The standard InChI is InChI=1S/C17H17N5O2/c1-23-13-9-5-6-10-14(13)24-11-15-20-16(18)22-17(21-15)19-12-7-3-2-4-8-12/h2-10H,11H2,1H3,(H3,18,19,20,21,22). The zero-order valence-corrected chi connectivity index (χ0v) is 13.1. The number of methoxy groups -OCH3 is 1. The number of aromatic nitrogens is 3. The molecule has 3 rings (SSSR count). The van der Waals surface area contributed by atoms with Gasteiger partial charge in [0.15, 0.2) is 17.3 Å². The van der Waals surface area contributed by atoms with Crippen LogP contribution in [0.25, 0.3) is 0 Å².